The number of carbonyl (C=O) groups excluding carboxylic acids is 1. The molecule has 0 radical (unpaired) electrons. The average molecular weight is 577 g/mol. The Kier molecular flexibility index (Phi) is 12.6. The van der Waals surface area contributed by atoms with Crippen LogP contribution in [0, 0.1) is 20.8 Å². The summed E-state index contributed by atoms with van der Waals surface area (Å²) in [6, 6.07) is 14.4. The second kappa shape index (κ2) is 15.2. The lowest BCUT2D eigenvalue weighted by molar-refractivity contribution is 0.0946. The number of benzene rings is 2. The molecule has 1 aliphatic heterocycles. The third-order valence-corrected chi connectivity index (χ3v) is 7.42. The van der Waals surface area contributed by atoms with Crippen LogP contribution in [-0.2, 0) is 6.42 Å². The normalized spacial score (nSPS) is 13.4. The van der Waals surface area contributed by atoms with Crippen molar-refractivity contribution in [3.8, 4) is 11.4 Å². The van der Waals surface area contributed by atoms with Gasteiger partial charge in [-0.2, -0.15) is 0 Å². The maximum Gasteiger partial charge on any atom is 0.271 e. The molecule has 0 bridgehead atoms. The van der Waals surface area contributed by atoms with Crippen LogP contribution in [0.3, 0.4) is 0 Å². The van der Waals surface area contributed by atoms with Gasteiger partial charge in [0.1, 0.15) is 17.3 Å². The van der Waals surface area contributed by atoms with Crippen LogP contribution in [0.2, 0.25) is 0 Å². The van der Waals surface area contributed by atoms with Crippen molar-refractivity contribution in [2.45, 2.75) is 47.0 Å². The highest BCUT2D eigenvalue weighted by Gasteiger charge is 2.22. The zero-order valence-electron chi connectivity index (χ0n) is 23.8. The van der Waals surface area contributed by atoms with E-state index in [4.69, 9.17) is 9.72 Å². The Morgan fingerprint density at radius 1 is 0.974 bits per heavy atom. The fourth-order valence-electron chi connectivity index (χ4n) is 5.18. The number of aromatic nitrogens is 2. The molecule has 0 atom stereocenters. The molecular weight excluding hydrogens is 533 g/mol. The van der Waals surface area contributed by atoms with Crippen molar-refractivity contribution < 1.29 is 9.53 Å². The van der Waals surface area contributed by atoms with E-state index in [1.807, 2.05) is 31.2 Å². The van der Waals surface area contributed by atoms with E-state index >= 15 is 0 Å². The van der Waals surface area contributed by atoms with E-state index in [-0.39, 0.29) is 30.7 Å². The summed E-state index contributed by atoms with van der Waals surface area (Å²) in [5.41, 5.74) is 6.34. The molecule has 214 valence electrons. The van der Waals surface area contributed by atoms with Gasteiger partial charge in [0.2, 0.25) is 0 Å². The van der Waals surface area contributed by atoms with Gasteiger partial charge in [-0.3, -0.25) is 14.3 Å². The predicted molar refractivity (Wildman–Crippen MR) is 165 cm³/mol. The molecule has 2 heterocycles. The molecule has 0 spiro atoms. The van der Waals surface area contributed by atoms with E-state index in [0.29, 0.717) is 12.2 Å². The number of anilines is 1. The fourth-order valence-corrected chi connectivity index (χ4v) is 5.18. The SMILES string of the molecule is CCCc1nc(C(=O)NCCCN2CCN(c3cccc(C)c3C)CC2)c(C)n1-c1ccccc1OC.Cl.Cl. The topological polar surface area (TPSA) is 62.6 Å². The lowest BCUT2D eigenvalue weighted by atomic mass is 10.1. The zero-order chi connectivity index (χ0) is 26.4. The van der Waals surface area contributed by atoms with Gasteiger partial charge in [0, 0.05) is 44.8 Å². The maximum absolute atomic E-state index is 13.1. The van der Waals surface area contributed by atoms with Crippen LogP contribution in [0.1, 0.15) is 52.9 Å². The van der Waals surface area contributed by atoms with Crippen molar-refractivity contribution in [2.75, 3.05) is 51.3 Å². The first-order chi connectivity index (χ1) is 17.9. The second-order valence-corrected chi connectivity index (χ2v) is 9.88. The summed E-state index contributed by atoms with van der Waals surface area (Å²) >= 11 is 0. The number of rotatable bonds is 10. The molecule has 1 amide bonds. The van der Waals surface area contributed by atoms with E-state index in [1.54, 1.807) is 7.11 Å². The standard InChI is InChI=1S/C30H41N5O2.2ClH/c1-6-11-28-32-29(24(4)35(28)26-13-7-8-15-27(26)37-5)30(36)31-16-10-17-33-18-20-34(21-19-33)25-14-9-12-22(2)23(25)3;;/h7-9,12-15H,6,10-11,16-21H2,1-5H3,(H,31,36);2*1H. The Morgan fingerprint density at radius 2 is 1.67 bits per heavy atom. The van der Waals surface area contributed by atoms with Gasteiger partial charge in [0.25, 0.3) is 5.91 Å². The zero-order valence-corrected chi connectivity index (χ0v) is 25.5. The monoisotopic (exact) mass is 575 g/mol. The lowest BCUT2D eigenvalue weighted by Crippen LogP contribution is -2.47. The second-order valence-electron chi connectivity index (χ2n) is 9.88. The lowest BCUT2D eigenvalue weighted by Gasteiger charge is -2.37. The molecule has 1 fully saturated rings. The molecule has 9 heteroatoms. The molecule has 0 unspecified atom stereocenters. The fraction of sp³-hybridized carbons (Fsp3) is 0.467. The van der Waals surface area contributed by atoms with Gasteiger partial charge in [0.05, 0.1) is 18.5 Å². The minimum Gasteiger partial charge on any atom is -0.495 e. The van der Waals surface area contributed by atoms with Gasteiger partial charge in [-0.25, -0.2) is 4.98 Å². The summed E-state index contributed by atoms with van der Waals surface area (Å²) in [6.45, 7) is 14.3. The molecule has 7 nitrogen and oxygen atoms in total. The van der Waals surface area contributed by atoms with Crippen molar-refractivity contribution in [1.29, 1.82) is 0 Å². The van der Waals surface area contributed by atoms with Crippen molar-refractivity contribution in [1.82, 2.24) is 19.8 Å². The van der Waals surface area contributed by atoms with Crippen molar-refractivity contribution >= 4 is 36.4 Å². The summed E-state index contributed by atoms with van der Waals surface area (Å²) in [7, 11) is 1.67. The highest BCUT2D eigenvalue weighted by atomic mass is 35.5. The molecule has 1 N–H and O–H groups in total. The highest BCUT2D eigenvalue weighted by molar-refractivity contribution is 5.93. The first-order valence-electron chi connectivity index (χ1n) is 13.5. The summed E-state index contributed by atoms with van der Waals surface area (Å²) < 4.78 is 7.64. The smallest absolute Gasteiger partial charge is 0.271 e. The molecule has 3 aromatic rings. The van der Waals surface area contributed by atoms with Crippen LogP contribution in [-0.4, -0.2) is 66.7 Å². The number of nitrogens with one attached hydrogen (secondary N) is 1. The Balaban J connectivity index is 0.00000267. The first-order valence-corrected chi connectivity index (χ1v) is 13.5. The number of nitrogens with zero attached hydrogens (tertiary/aromatic N) is 4. The third-order valence-electron chi connectivity index (χ3n) is 7.42. The van der Waals surface area contributed by atoms with Crippen LogP contribution < -0.4 is 15.0 Å². The molecule has 1 aromatic heterocycles. The Labute approximate surface area is 245 Å². The number of hydrogen-bond donors (Lipinski definition) is 1. The number of halogens is 2. The van der Waals surface area contributed by atoms with E-state index < -0.39 is 0 Å². The molecule has 2 aromatic carbocycles. The van der Waals surface area contributed by atoms with Crippen LogP contribution in [0.15, 0.2) is 42.5 Å². The number of piperazine rings is 1. The number of imidazole rings is 1. The van der Waals surface area contributed by atoms with Gasteiger partial charge >= 0.3 is 0 Å². The van der Waals surface area contributed by atoms with Crippen LogP contribution in [0.25, 0.3) is 5.69 Å². The molecule has 0 aliphatic carbocycles. The van der Waals surface area contributed by atoms with E-state index in [1.165, 1.54) is 16.8 Å². The molecular formula is C30H43Cl2N5O2. The quantitative estimate of drug-likeness (QED) is 0.321. The maximum atomic E-state index is 13.1. The largest absolute Gasteiger partial charge is 0.495 e. The van der Waals surface area contributed by atoms with Gasteiger partial charge in [-0.1, -0.05) is 31.2 Å². The van der Waals surface area contributed by atoms with E-state index in [2.05, 4.69) is 58.7 Å². The number of hydrogen-bond acceptors (Lipinski definition) is 5. The van der Waals surface area contributed by atoms with Gasteiger partial charge in [-0.05, 0) is 69.5 Å². The van der Waals surface area contributed by atoms with Crippen LogP contribution in [0.5, 0.6) is 5.75 Å². The third kappa shape index (κ3) is 7.47. The average Bonchev–Trinajstić information content (AvgIpc) is 3.24. The minimum atomic E-state index is -0.108. The minimum absolute atomic E-state index is 0. The van der Waals surface area contributed by atoms with Crippen molar-refractivity contribution in [3.05, 3.63) is 70.8 Å². The highest BCUT2D eigenvalue weighted by Crippen LogP contribution is 2.27. The number of methoxy groups -OCH3 is 1. The Hall–Kier alpha value is -2.74. The number of aryl methyl sites for hydroxylation is 2. The van der Waals surface area contributed by atoms with Gasteiger partial charge in [-0.15, -0.1) is 24.8 Å². The summed E-state index contributed by atoms with van der Waals surface area (Å²) in [5, 5.41) is 3.11. The van der Waals surface area contributed by atoms with Crippen molar-refractivity contribution in [2.24, 2.45) is 0 Å². The Bertz CT molecular complexity index is 1220. The van der Waals surface area contributed by atoms with Gasteiger partial charge in [0.15, 0.2) is 0 Å². The first kappa shape index (κ1) is 32.5. The van der Waals surface area contributed by atoms with E-state index in [0.717, 1.165) is 74.9 Å². The predicted octanol–water partition coefficient (Wildman–Crippen LogP) is 5.54. The molecule has 0 saturated carbocycles. The Morgan fingerprint density at radius 3 is 2.36 bits per heavy atom. The number of para-hydroxylation sites is 2. The molecule has 1 aliphatic rings. The summed E-state index contributed by atoms with van der Waals surface area (Å²) in [5.74, 6) is 1.55. The van der Waals surface area contributed by atoms with Crippen LogP contribution >= 0.6 is 24.8 Å². The summed E-state index contributed by atoms with van der Waals surface area (Å²) in [6.07, 6.45) is 2.66. The van der Waals surface area contributed by atoms with Gasteiger partial charge < -0.3 is 15.0 Å². The van der Waals surface area contributed by atoms with Crippen molar-refractivity contribution in [3.63, 3.8) is 0 Å². The number of ether oxygens (including phenoxy) is 1. The van der Waals surface area contributed by atoms with Crippen LogP contribution in [0.4, 0.5) is 5.69 Å². The number of carbonyl (C=O) groups is 1. The molecule has 1 saturated heterocycles. The van der Waals surface area contributed by atoms with E-state index in [9.17, 15) is 4.79 Å². The molecule has 4 rings (SSSR count). The molecule has 39 heavy (non-hydrogen) atoms. The summed E-state index contributed by atoms with van der Waals surface area (Å²) in [4.78, 5) is 22.8. The number of amides is 1.